The summed E-state index contributed by atoms with van der Waals surface area (Å²) >= 11 is 3.25. The fourth-order valence-electron chi connectivity index (χ4n) is 2.40. The van der Waals surface area contributed by atoms with E-state index in [0.29, 0.717) is 10.2 Å². The van der Waals surface area contributed by atoms with Gasteiger partial charge in [-0.15, -0.1) is 0 Å². The Bertz CT molecular complexity index is 412. The van der Waals surface area contributed by atoms with Gasteiger partial charge in [-0.25, -0.2) is 4.39 Å². The highest BCUT2D eigenvalue weighted by atomic mass is 79.9. The van der Waals surface area contributed by atoms with Gasteiger partial charge in [-0.3, -0.25) is 0 Å². The van der Waals surface area contributed by atoms with Gasteiger partial charge in [-0.1, -0.05) is 39.0 Å². The Labute approximate surface area is 130 Å². The SMILES string of the molecule is CCCCCCCC(NC)c1cc(Br)c(F)cc1OC. The molecule has 0 radical (unpaired) electrons. The van der Waals surface area contributed by atoms with Crippen molar-refractivity contribution in [2.45, 2.75) is 51.5 Å². The Morgan fingerprint density at radius 1 is 1.25 bits per heavy atom. The van der Waals surface area contributed by atoms with Gasteiger partial charge in [0.2, 0.25) is 0 Å². The summed E-state index contributed by atoms with van der Waals surface area (Å²) in [4.78, 5) is 0. The van der Waals surface area contributed by atoms with E-state index in [2.05, 4.69) is 28.2 Å². The zero-order valence-electron chi connectivity index (χ0n) is 12.6. The molecule has 0 amide bonds. The smallest absolute Gasteiger partial charge is 0.141 e. The van der Waals surface area contributed by atoms with Crippen LogP contribution in [0.1, 0.15) is 57.1 Å². The van der Waals surface area contributed by atoms with E-state index in [9.17, 15) is 4.39 Å². The number of nitrogens with one attached hydrogen (secondary N) is 1. The van der Waals surface area contributed by atoms with Crippen LogP contribution in [0.4, 0.5) is 4.39 Å². The molecule has 1 aromatic carbocycles. The van der Waals surface area contributed by atoms with Crippen LogP contribution in [0.3, 0.4) is 0 Å². The minimum absolute atomic E-state index is 0.198. The third kappa shape index (κ3) is 5.06. The average molecular weight is 346 g/mol. The molecule has 0 aliphatic rings. The summed E-state index contributed by atoms with van der Waals surface area (Å²) in [6.07, 6.45) is 7.30. The van der Waals surface area contributed by atoms with Crippen LogP contribution in [-0.2, 0) is 0 Å². The van der Waals surface area contributed by atoms with Gasteiger partial charge in [-0.05, 0) is 35.5 Å². The highest BCUT2D eigenvalue weighted by molar-refractivity contribution is 9.10. The molecule has 1 atom stereocenters. The second kappa shape index (κ2) is 9.35. The van der Waals surface area contributed by atoms with Crippen LogP contribution in [0.2, 0.25) is 0 Å². The van der Waals surface area contributed by atoms with E-state index in [0.717, 1.165) is 12.0 Å². The van der Waals surface area contributed by atoms with E-state index < -0.39 is 0 Å². The molecular formula is C16H25BrFNO. The fourth-order valence-corrected chi connectivity index (χ4v) is 2.76. The molecule has 0 aromatic heterocycles. The van der Waals surface area contributed by atoms with E-state index in [1.165, 1.54) is 38.2 Å². The van der Waals surface area contributed by atoms with Crippen LogP contribution in [0.5, 0.6) is 5.75 Å². The molecule has 20 heavy (non-hydrogen) atoms. The number of unbranched alkanes of at least 4 members (excludes halogenated alkanes) is 4. The number of halogens is 2. The number of rotatable bonds is 9. The largest absolute Gasteiger partial charge is 0.496 e. The maximum Gasteiger partial charge on any atom is 0.141 e. The summed E-state index contributed by atoms with van der Waals surface area (Å²) in [5.41, 5.74) is 1.01. The molecule has 1 aromatic rings. The molecule has 1 N–H and O–H groups in total. The Hall–Kier alpha value is -0.610. The maximum absolute atomic E-state index is 13.6. The lowest BCUT2D eigenvalue weighted by atomic mass is 9.99. The topological polar surface area (TPSA) is 21.3 Å². The summed E-state index contributed by atoms with van der Waals surface area (Å²) in [6.45, 7) is 2.22. The normalized spacial score (nSPS) is 12.4. The second-order valence-corrected chi connectivity index (χ2v) is 5.91. The molecule has 0 spiro atoms. The molecule has 0 bridgehead atoms. The lowest BCUT2D eigenvalue weighted by Crippen LogP contribution is -2.17. The Balaban J connectivity index is 2.71. The highest BCUT2D eigenvalue weighted by Gasteiger charge is 2.17. The average Bonchev–Trinajstić information content (AvgIpc) is 2.45. The molecule has 1 unspecified atom stereocenters. The van der Waals surface area contributed by atoms with Gasteiger partial charge in [0.05, 0.1) is 11.6 Å². The Morgan fingerprint density at radius 3 is 2.55 bits per heavy atom. The first-order chi connectivity index (χ1) is 9.63. The van der Waals surface area contributed by atoms with Crippen LogP contribution in [0.15, 0.2) is 16.6 Å². The number of hydrogen-bond donors (Lipinski definition) is 1. The fraction of sp³-hybridized carbons (Fsp3) is 0.625. The molecule has 0 heterocycles. The summed E-state index contributed by atoms with van der Waals surface area (Å²) in [7, 11) is 3.52. The van der Waals surface area contributed by atoms with Crippen molar-refractivity contribution in [2.24, 2.45) is 0 Å². The third-order valence-corrected chi connectivity index (χ3v) is 4.20. The first kappa shape index (κ1) is 17.4. The minimum atomic E-state index is -0.289. The van der Waals surface area contributed by atoms with Gasteiger partial charge in [0.1, 0.15) is 11.6 Å². The van der Waals surface area contributed by atoms with E-state index in [4.69, 9.17) is 4.74 Å². The van der Waals surface area contributed by atoms with Gasteiger partial charge in [0.25, 0.3) is 0 Å². The van der Waals surface area contributed by atoms with Crippen molar-refractivity contribution in [3.05, 3.63) is 28.0 Å². The van der Waals surface area contributed by atoms with E-state index in [1.54, 1.807) is 7.11 Å². The van der Waals surface area contributed by atoms with Crippen LogP contribution in [0.25, 0.3) is 0 Å². The number of ether oxygens (including phenoxy) is 1. The monoisotopic (exact) mass is 345 g/mol. The van der Waals surface area contributed by atoms with Crippen LogP contribution >= 0.6 is 15.9 Å². The predicted octanol–water partition coefficient (Wildman–Crippen LogP) is 5.22. The van der Waals surface area contributed by atoms with Crippen molar-refractivity contribution in [1.29, 1.82) is 0 Å². The van der Waals surface area contributed by atoms with Gasteiger partial charge in [0, 0.05) is 17.7 Å². The molecule has 2 nitrogen and oxygen atoms in total. The number of benzene rings is 1. The number of hydrogen-bond acceptors (Lipinski definition) is 2. The molecular weight excluding hydrogens is 321 g/mol. The molecule has 0 aliphatic carbocycles. The first-order valence-electron chi connectivity index (χ1n) is 7.34. The van der Waals surface area contributed by atoms with E-state index in [1.807, 2.05) is 13.1 Å². The number of methoxy groups -OCH3 is 1. The molecule has 1 rings (SSSR count). The van der Waals surface area contributed by atoms with E-state index in [-0.39, 0.29) is 11.9 Å². The predicted molar refractivity (Wildman–Crippen MR) is 85.8 cm³/mol. The lowest BCUT2D eigenvalue weighted by molar-refractivity contribution is 0.392. The van der Waals surface area contributed by atoms with Crippen LogP contribution < -0.4 is 10.1 Å². The van der Waals surface area contributed by atoms with Gasteiger partial charge < -0.3 is 10.1 Å². The molecule has 114 valence electrons. The van der Waals surface area contributed by atoms with E-state index >= 15 is 0 Å². The lowest BCUT2D eigenvalue weighted by Gasteiger charge is -2.20. The summed E-state index contributed by atoms with van der Waals surface area (Å²) in [5.74, 6) is 0.321. The summed E-state index contributed by atoms with van der Waals surface area (Å²) in [5, 5.41) is 3.31. The molecule has 0 saturated carbocycles. The minimum Gasteiger partial charge on any atom is -0.496 e. The zero-order valence-corrected chi connectivity index (χ0v) is 14.2. The van der Waals surface area contributed by atoms with Crippen LogP contribution in [-0.4, -0.2) is 14.2 Å². The molecule has 0 saturated heterocycles. The Morgan fingerprint density at radius 2 is 1.95 bits per heavy atom. The van der Waals surface area contributed by atoms with Crippen molar-refractivity contribution in [3.63, 3.8) is 0 Å². The van der Waals surface area contributed by atoms with Crippen molar-refractivity contribution in [3.8, 4) is 5.75 Å². The third-order valence-electron chi connectivity index (χ3n) is 3.59. The highest BCUT2D eigenvalue weighted by Crippen LogP contribution is 2.33. The first-order valence-corrected chi connectivity index (χ1v) is 8.13. The zero-order chi connectivity index (χ0) is 15.0. The van der Waals surface area contributed by atoms with Gasteiger partial charge in [0.15, 0.2) is 0 Å². The molecule has 0 aliphatic heterocycles. The Kier molecular flexibility index (Phi) is 8.15. The second-order valence-electron chi connectivity index (χ2n) is 5.05. The maximum atomic E-state index is 13.6. The standard InChI is InChI=1S/C16H25BrFNO/c1-4-5-6-7-8-9-15(19-2)12-10-13(17)14(18)11-16(12)20-3/h10-11,15,19H,4-9H2,1-3H3. The van der Waals surface area contributed by atoms with Crippen LogP contribution in [0, 0.1) is 5.82 Å². The quantitative estimate of drug-likeness (QED) is 0.619. The summed E-state index contributed by atoms with van der Waals surface area (Å²) < 4.78 is 19.4. The summed E-state index contributed by atoms with van der Waals surface area (Å²) in [6, 6.07) is 3.46. The van der Waals surface area contributed by atoms with Crippen molar-refractivity contribution in [2.75, 3.05) is 14.2 Å². The van der Waals surface area contributed by atoms with Gasteiger partial charge in [-0.2, -0.15) is 0 Å². The van der Waals surface area contributed by atoms with Crippen molar-refractivity contribution in [1.82, 2.24) is 5.32 Å². The van der Waals surface area contributed by atoms with Crippen molar-refractivity contribution < 1.29 is 9.13 Å². The van der Waals surface area contributed by atoms with Crippen molar-refractivity contribution >= 4 is 15.9 Å². The molecule has 4 heteroatoms. The molecule has 0 fully saturated rings. The van der Waals surface area contributed by atoms with Gasteiger partial charge >= 0.3 is 0 Å².